The van der Waals surface area contributed by atoms with E-state index in [-0.39, 0.29) is 11.2 Å². The summed E-state index contributed by atoms with van der Waals surface area (Å²) < 4.78 is 38.4. The van der Waals surface area contributed by atoms with Gasteiger partial charge in [-0.25, -0.2) is 8.42 Å². The van der Waals surface area contributed by atoms with Gasteiger partial charge in [-0.05, 0) is 35.2 Å². The Labute approximate surface area is 162 Å². The SMILES string of the molecule is COc1cc2c(cc1OC)C(C)(C)CN(S(=O)(=O)CCc1ccccc1)C2. The molecule has 5 nitrogen and oxygen atoms in total. The highest BCUT2D eigenvalue weighted by Crippen LogP contribution is 2.40. The minimum Gasteiger partial charge on any atom is -0.493 e. The van der Waals surface area contributed by atoms with Gasteiger partial charge in [0.25, 0.3) is 0 Å². The van der Waals surface area contributed by atoms with E-state index in [1.165, 1.54) is 0 Å². The molecule has 1 aliphatic rings. The van der Waals surface area contributed by atoms with Gasteiger partial charge >= 0.3 is 0 Å². The summed E-state index contributed by atoms with van der Waals surface area (Å²) in [6.07, 6.45) is 0.513. The van der Waals surface area contributed by atoms with E-state index in [2.05, 4.69) is 13.8 Å². The van der Waals surface area contributed by atoms with Gasteiger partial charge < -0.3 is 9.47 Å². The van der Waals surface area contributed by atoms with Crippen molar-refractivity contribution in [2.75, 3.05) is 26.5 Å². The molecule has 0 aromatic heterocycles. The maximum absolute atomic E-state index is 13.0. The molecule has 0 unspecified atom stereocenters. The summed E-state index contributed by atoms with van der Waals surface area (Å²) in [5.74, 6) is 1.40. The van der Waals surface area contributed by atoms with Crippen LogP contribution in [0.5, 0.6) is 11.5 Å². The number of fused-ring (bicyclic) bond motifs is 1. The third-order valence-electron chi connectivity index (χ3n) is 5.14. The standard InChI is InChI=1S/C21H27NO4S/c1-21(2)15-22(27(23,24)11-10-16-8-6-5-7-9-16)14-17-12-19(25-3)20(26-4)13-18(17)21/h5-9,12-13H,10-11,14-15H2,1-4H3. The van der Waals surface area contributed by atoms with E-state index in [0.717, 1.165) is 16.7 Å². The Bertz CT molecular complexity index is 907. The molecule has 0 amide bonds. The molecule has 0 saturated heterocycles. The van der Waals surface area contributed by atoms with Gasteiger partial charge in [0.1, 0.15) is 0 Å². The predicted octanol–water partition coefficient (Wildman–Crippen LogP) is 3.37. The zero-order valence-electron chi connectivity index (χ0n) is 16.4. The van der Waals surface area contributed by atoms with Gasteiger partial charge in [0, 0.05) is 18.5 Å². The quantitative estimate of drug-likeness (QED) is 0.760. The van der Waals surface area contributed by atoms with Crippen LogP contribution < -0.4 is 9.47 Å². The van der Waals surface area contributed by atoms with E-state index in [1.54, 1.807) is 18.5 Å². The van der Waals surface area contributed by atoms with E-state index in [4.69, 9.17) is 9.47 Å². The van der Waals surface area contributed by atoms with Crippen LogP contribution in [0.15, 0.2) is 42.5 Å². The number of aryl methyl sites for hydroxylation is 1. The van der Waals surface area contributed by atoms with Crippen LogP contribution in [0, 0.1) is 0 Å². The molecule has 0 spiro atoms. The van der Waals surface area contributed by atoms with E-state index >= 15 is 0 Å². The Morgan fingerprint density at radius 2 is 1.67 bits per heavy atom. The molecule has 27 heavy (non-hydrogen) atoms. The van der Waals surface area contributed by atoms with Crippen LogP contribution >= 0.6 is 0 Å². The van der Waals surface area contributed by atoms with Crippen molar-refractivity contribution in [1.29, 1.82) is 0 Å². The first kappa shape index (κ1) is 19.7. The smallest absolute Gasteiger partial charge is 0.214 e. The second-order valence-electron chi connectivity index (χ2n) is 7.57. The Balaban J connectivity index is 1.87. The molecule has 0 aliphatic carbocycles. The summed E-state index contributed by atoms with van der Waals surface area (Å²) >= 11 is 0. The second kappa shape index (κ2) is 7.52. The molecule has 2 aromatic carbocycles. The maximum atomic E-state index is 13.0. The van der Waals surface area contributed by atoms with E-state index in [1.807, 2.05) is 42.5 Å². The summed E-state index contributed by atoms with van der Waals surface area (Å²) in [6.45, 7) is 4.94. The average molecular weight is 390 g/mol. The number of sulfonamides is 1. The number of hydrogen-bond donors (Lipinski definition) is 0. The average Bonchev–Trinajstić information content (AvgIpc) is 2.65. The van der Waals surface area contributed by atoms with E-state index in [9.17, 15) is 8.42 Å². The molecule has 3 rings (SSSR count). The highest BCUT2D eigenvalue weighted by molar-refractivity contribution is 7.89. The Morgan fingerprint density at radius 1 is 1.04 bits per heavy atom. The summed E-state index contributed by atoms with van der Waals surface area (Å²) in [5.41, 5.74) is 2.79. The normalized spacial score (nSPS) is 16.6. The van der Waals surface area contributed by atoms with Gasteiger partial charge in [0.15, 0.2) is 11.5 Å². The van der Waals surface area contributed by atoms with Gasteiger partial charge in [-0.1, -0.05) is 44.2 Å². The molecule has 0 radical (unpaired) electrons. The number of nitrogens with zero attached hydrogens (tertiary/aromatic N) is 1. The monoisotopic (exact) mass is 389 g/mol. The van der Waals surface area contributed by atoms with Crippen molar-refractivity contribution >= 4 is 10.0 Å². The number of benzene rings is 2. The summed E-state index contributed by atoms with van der Waals surface area (Å²) in [7, 11) is -0.168. The number of hydrogen-bond acceptors (Lipinski definition) is 4. The topological polar surface area (TPSA) is 55.8 Å². The Hall–Kier alpha value is -2.05. The lowest BCUT2D eigenvalue weighted by molar-refractivity contribution is 0.294. The molecule has 0 saturated carbocycles. The zero-order chi connectivity index (χ0) is 19.7. The van der Waals surface area contributed by atoms with Gasteiger partial charge in [0.2, 0.25) is 10.0 Å². The van der Waals surface area contributed by atoms with E-state index < -0.39 is 10.0 Å². The molecule has 146 valence electrons. The van der Waals surface area contributed by atoms with Crippen molar-refractivity contribution in [3.05, 3.63) is 59.2 Å². The molecule has 2 aromatic rings. The van der Waals surface area contributed by atoms with Crippen LogP contribution in [0.1, 0.15) is 30.5 Å². The van der Waals surface area contributed by atoms with Crippen LogP contribution in [0.4, 0.5) is 0 Å². The van der Waals surface area contributed by atoms with Crippen LogP contribution in [0.25, 0.3) is 0 Å². The summed E-state index contributed by atoms with van der Waals surface area (Å²) in [4.78, 5) is 0. The van der Waals surface area contributed by atoms with Crippen LogP contribution in [0.2, 0.25) is 0 Å². The number of rotatable bonds is 6. The molecule has 6 heteroatoms. The number of ether oxygens (including phenoxy) is 2. The first-order valence-corrected chi connectivity index (χ1v) is 10.6. The molecular weight excluding hydrogens is 362 g/mol. The fourth-order valence-electron chi connectivity index (χ4n) is 3.67. The van der Waals surface area contributed by atoms with Crippen molar-refractivity contribution in [3.63, 3.8) is 0 Å². The van der Waals surface area contributed by atoms with E-state index in [0.29, 0.717) is 31.0 Å². The highest BCUT2D eigenvalue weighted by Gasteiger charge is 2.37. The van der Waals surface area contributed by atoms with Crippen molar-refractivity contribution in [2.45, 2.75) is 32.2 Å². The summed E-state index contributed by atoms with van der Waals surface area (Å²) in [5, 5.41) is 0. The lowest BCUT2D eigenvalue weighted by Gasteiger charge is -2.39. The largest absolute Gasteiger partial charge is 0.493 e. The van der Waals surface area contributed by atoms with Gasteiger partial charge in [-0.3, -0.25) is 0 Å². The zero-order valence-corrected chi connectivity index (χ0v) is 17.2. The minimum absolute atomic E-state index is 0.107. The molecule has 0 N–H and O–H groups in total. The van der Waals surface area contributed by atoms with Crippen molar-refractivity contribution in [2.24, 2.45) is 0 Å². The van der Waals surface area contributed by atoms with Crippen molar-refractivity contribution < 1.29 is 17.9 Å². The molecule has 1 aliphatic heterocycles. The first-order chi connectivity index (χ1) is 12.8. The lowest BCUT2D eigenvalue weighted by Crippen LogP contribution is -2.46. The van der Waals surface area contributed by atoms with Crippen LogP contribution in [-0.4, -0.2) is 39.2 Å². The Morgan fingerprint density at radius 3 is 2.30 bits per heavy atom. The molecule has 0 atom stereocenters. The minimum atomic E-state index is -3.37. The second-order valence-corrected chi connectivity index (χ2v) is 9.66. The third-order valence-corrected chi connectivity index (χ3v) is 6.91. The molecular formula is C21H27NO4S. The van der Waals surface area contributed by atoms with Gasteiger partial charge in [0.05, 0.1) is 20.0 Å². The first-order valence-electron chi connectivity index (χ1n) is 9.04. The Kier molecular flexibility index (Phi) is 5.49. The predicted molar refractivity (Wildman–Crippen MR) is 107 cm³/mol. The van der Waals surface area contributed by atoms with Crippen molar-refractivity contribution in [1.82, 2.24) is 4.31 Å². The fraction of sp³-hybridized carbons (Fsp3) is 0.429. The molecule has 0 fully saturated rings. The number of methoxy groups -OCH3 is 2. The lowest BCUT2D eigenvalue weighted by atomic mass is 9.79. The van der Waals surface area contributed by atoms with Crippen LogP contribution in [0.3, 0.4) is 0 Å². The van der Waals surface area contributed by atoms with Crippen LogP contribution in [-0.2, 0) is 28.4 Å². The highest BCUT2D eigenvalue weighted by atomic mass is 32.2. The maximum Gasteiger partial charge on any atom is 0.214 e. The summed E-state index contributed by atoms with van der Waals surface area (Å²) in [6, 6.07) is 13.6. The fourth-order valence-corrected chi connectivity index (χ4v) is 5.28. The molecule has 0 bridgehead atoms. The van der Waals surface area contributed by atoms with Gasteiger partial charge in [-0.2, -0.15) is 4.31 Å². The van der Waals surface area contributed by atoms with Crippen molar-refractivity contribution in [3.8, 4) is 11.5 Å². The van der Waals surface area contributed by atoms with Gasteiger partial charge in [-0.15, -0.1) is 0 Å². The molecule has 1 heterocycles. The third kappa shape index (κ3) is 4.12.